The number of hydrogen-bond acceptors (Lipinski definition) is 4. The number of nitrogens with one attached hydrogen (secondary N) is 2. The molecule has 2 aromatic carbocycles. The van der Waals surface area contributed by atoms with Gasteiger partial charge in [-0.3, -0.25) is 9.82 Å². The fraction of sp³-hybridized carbons (Fsp3) is 0. The fourth-order valence-corrected chi connectivity index (χ4v) is 3.29. The highest BCUT2D eigenvalue weighted by Crippen LogP contribution is 2.26. The Kier molecular flexibility index (Phi) is 2.83. The minimum absolute atomic E-state index is 0.205. The predicted molar refractivity (Wildman–Crippen MR) is 77.8 cm³/mol. The van der Waals surface area contributed by atoms with Gasteiger partial charge in [0, 0.05) is 17.3 Å². The molecule has 0 atom stereocenters. The Labute approximate surface area is 115 Å². The number of fused-ring (bicyclic) bond motifs is 1. The lowest BCUT2D eigenvalue weighted by Gasteiger charge is -2.09. The van der Waals surface area contributed by atoms with Crippen molar-refractivity contribution in [2.24, 2.45) is 0 Å². The molecule has 0 unspecified atom stereocenters. The lowest BCUT2D eigenvalue weighted by molar-refractivity contribution is 0.602. The van der Waals surface area contributed by atoms with Gasteiger partial charge in [0.25, 0.3) is 10.0 Å². The van der Waals surface area contributed by atoms with E-state index in [1.54, 1.807) is 30.3 Å². The molecule has 0 saturated carbocycles. The van der Waals surface area contributed by atoms with Crippen LogP contribution in [0.15, 0.2) is 53.7 Å². The summed E-state index contributed by atoms with van der Waals surface area (Å²) in [5.74, 6) is 0. The maximum absolute atomic E-state index is 12.4. The molecule has 0 amide bonds. The molecule has 4 N–H and O–H groups in total. The lowest BCUT2D eigenvalue weighted by atomic mass is 10.1. The number of nitrogen functional groups attached to an aromatic ring is 1. The number of sulfonamides is 1. The maximum Gasteiger partial charge on any atom is 0.262 e. The van der Waals surface area contributed by atoms with Crippen molar-refractivity contribution in [3.63, 3.8) is 0 Å². The van der Waals surface area contributed by atoms with Gasteiger partial charge in [0.1, 0.15) is 0 Å². The second kappa shape index (κ2) is 4.53. The zero-order valence-electron chi connectivity index (χ0n) is 10.4. The van der Waals surface area contributed by atoms with E-state index in [0.717, 1.165) is 5.39 Å². The van der Waals surface area contributed by atoms with Crippen LogP contribution in [0.3, 0.4) is 0 Å². The van der Waals surface area contributed by atoms with Gasteiger partial charge in [0.2, 0.25) is 0 Å². The van der Waals surface area contributed by atoms with Gasteiger partial charge in [-0.1, -0.05) is 18.2 Å². The molecule has 0 aliphatic heterocycles. The third-order valence-corrected chi connectivity index (χ3v) is 4.34. The molecule has 20 heavy (non-hydrogen) atoms. The summed E-state index contributed by atoms with van der Waals surface area (Å²) in [4.78, 5) is 0.205. The number of H-pyrrole nitrogens is 1. The fourth-order valence-electron chi connectivity index (χ4n) is 2.02. The Morgan fingerprint density at radius 2 is 2.05 bits per heavy atom. The van der Waals surface area contributed by atoms with Crippen molar-refractivity contribution < 1.29 is 8.42 Å². The van der Waals surface area contributed by atoms with Gasteiger partial charge in [0.05, 0.1) is 16.8 Å². The van der Waals surface area contributed by atoms with E-state index in [4.69, 9.17) is 5.73 Å². The normalized spacial score (nSPS) is 11.6. The predicted octanol–water partition coefficient (Wildman–Crippen LogP) is 1.95. The molecule has 0 fully saturated rings. The van der Waals surface area contributed by atoms with Crippen LogP contribution in [-0.4, -0.2) is 18.6 Å². The molecule has 0 saturated heterocycles. The van der Waals surface area contributed by atoms with Crippen LogP contribution >= 0.6 is 0 Å². The Hall–Kier alpha value is -2.54. The maximum atomic E-state index is 12.4. The quantitative estimate of drug-likeness (QED) is 0.641. The first-order valence-electron chi connectivity index (χ1n) is 5.86. The van der Waals surface area contributed by atoms with Gasteiger partial charge in [-0.25, -0.2) is 8.42 Å². The molecule has 6 nitrogen and oxygen atoms in total. The Morgan fingerprint density at radius 3 is 2.80 bits per heavy atom. The molecular formula is C13H12N4O2S. The van der Waals surface area contributed by atoms with Crippen LogP contribution in [0, 0.1) is 0 Å². The summed E-state index contributed by atoms with van der Waals surface area (Å²) in [7, 11) is -3.67. The second-order valence-corrected chi connectivity index (χ2v) is 5.98. The molecule has 3 rings (SSSR count). The first-order chi connectivity index (χ1) is 9.56. The number of anilines is 2. The molecule has 1 heterocycles. The van der Waals surface area contributed by atoms with Crippen molar-refractivity contribution in [1.82, 2.24) is 10.2 Å². The lowest BCUT2D eigenvalue weighted by Crippen LogP contribution is -2.12. The highest BCUT2D eigenvalue weighted by molar-refractivity contribution is 7.93. The van der Waals surface area contributed by atoms with Crippen LogP contribution in [0.2, 0.25) is 0 Å². The number of nitrogens with two attached hydrogens (primary N) is 1. The molecular weight excluding hydrogens is 276 g/mol. The van der Waals surface area contributed by atoms with Gasteiger partial charge in [-0.15, -0.1) is 0 Å². The Balaban J connectivity index is 2.14. The van der Waals surface area contributed by atoms with Crippen molar-refractivity contribution in [3.8, 4) is 0 Å². The van der Waals surface area contributed by atoms with E-state index in [1.807, 2.05) is 6.07 Å². The monoisotopic (exact) mass is 288 g/mol. The van der Waals surface area contributed by atoms with Gasteiger partial charge in [0.15, 0.2) is 0 Å². The van der Waals surface area contributed by atoms with Crippen LogP contribution < -0.4 is 10.5 Å². The Bertz CT molecular complexity index is 857. The summed E-state index contributed by atoms with van der Waals surface area (Å²) in [6.45, 7) is 0. The van der Waals surface area contributed by atoms with Crippen molar-refractivity contribution in [2.45, 2.75) is 4.90 Å². The van der Waals surface area contributed by atoms with Gasteiger partial charge < -0.3 is 5.73 Å². The van der Waals surface area contributed by atoms with Crippen molar-refractivity contribution in [3.05, 3.63) is 48.8 Å². The minimum atomic E-state index is -3.67. The number of nitrogens with zero attached hydrogens (tertiary/aromatic N) is 1. The number of benzene rings is 2. The topological polar surface area (TPSA) is 101 Å². The molecule has 0 spiro atoms. The number of aromatic nitrogens is 2. The molecule has 0 aliphatic carbocycles. The SMILES string of the molecule is Nc1ccc2c(S(=O)(=O)Nc3cn[nH]c3)cccc2c1. The molecule has 1 aromatic heterocycles. The number of hydrogen-bond donors (Lipinski definition) is 3. The van der Waals surface area contributed by atoms with E-state index in [9.17, 15) is 8.42 Å². The third-order valence-electron chi connectivity index (χ3n) is 2.90. The summed E-state index contributed by atoms with van der Waals surface area (Å²) >= 11 is 0. The summed E-state index contributed by atoms with van der Waals surface area (Å²) in [6, 6.07) is 10.2. The molecule has 0 bridgehead atoms. The third kappa shape index (κ3) is 2.19. The summed E-state index contributed by atoms with van der Waals surface area (Å²) in [5.41, 5.74) is 6.69. The van der Waals surface area contributed by atoms with E-state index in [-0.39, 0.29) is 4.90 Å². The highest BCUT2D eigenvalue weighted by Gasteiger charge is 2.17. The largest absolute Gasteiger partial charge is 0.399 e. The van der Waals surface area contributed by atoms with Crippen molar-refractivity contribution >= 4 is 32.2 Å². The Morgan fingerprint density at radius 1 is 1.20 bits per heavy atom. The van der Waals surface area contributed by atoms with Gasteiger partial charge >= 0.3 is 0 Å². The zero-order valence-corrected chi connectivity index (χ0v) is 11.2. The minimum Gasteiger partial charge on any atom is -0.399 e. The summed E-state index contributed by atoms with van der Waals surface area (Å²) < 4.78 is 27.3. The van der Waals surface area contributed by atoms with Gasteiger partial charge in [-0.2, -0.15) is 5.10 Å². The van der Waals surface area contributed by atoms with Crippen LogP contribution in [0.4, 0.5) is 11.4 Å². The number of aromatic amines is 1. The highest BCUT2D eigenvalue weighted by atomic mass is 32.2. The standard InChI is InChI=1S/C13H12N4O2S/c14-10-4-5-12-9(6-10)2-1-3-13(12)20(18,19)17-11-7-15-16-8-11/h1-8,17H,14H2,(H,15,16). The summed E-state index contributed by atoms with van der Waals surface area (Å²) in [5, 5.41) is 7.66. The first-order valence-corrected chi connectivity index (χ1v) is 7.34. The first kappa shape index (κ1) is 12.5. The van der Waals surface area contributed by atoms with Crippen LogP contribution in [0.25, 0.3) is 10.8 Å². The van der Waals surface area contributed by atoms with Crippen LogP contribution in [0.5, 0.6) is 0 Å². The molecule has 0 aliphatic rings. The molecule has 7 heteroatoms. The summed E-state index contributed by atoms with van der Waals surface area (Å²) in [6.07, 6.45) is 2.88. The average Bonchev–Trinajstić information content (AvgIpc) is 2.89. The van der Waals surface area contributed by atoms with E-state index in [0.29, 0.717) is 16.8 Å². The molecule has 3 aromatic rings. The van der Waals surface area contributed by atoms with Gasteiger partial charge in [-0.05, 0) is 23.6 Å². The zero-order chi connectivity index (χ0) is 14.2. The number of rotatable bonds is 3. The van der Waals surface area contributed by atoms with Crippen molar-refractivity contribution in [1.29, 1.82) is 0 Å². The van der Waals surface area contributed by atoms with Crippen LogP contribution in [-0.2, 0) is 10.0 Å². The van der Waals surface area contributed by atoms with E-state index in [1.165, 1.54) is 12.4 Å². The molecule has 0 radical (unpaired) electrons. The molecule has 102 valence electrons. The van der Waals surface area contributed by atoms with Crippen molar-refractivity contribution in [2.75, 3.05) is 10.5 Å². The van der Waals surface area contributed by atoms with E-state index < -0.39 is 10.0 Å². The smallest absolute Gasteiger partial charge is 0.262 e. The van der Waals surface area contributed by atoms with Crippen LogP contribution in [0.1, 0.15) is 0 Å². The average molecular weight is 288 g/mol. The second-order valence-electron chi connectivity index (χ2n) is 4.33. The van der Waals surface area contributed by atoms with E-state index in [2.05, 4.69) is 14.9 Å². The van der Waals surface area contributed by atoms with E-state index >= 15 is 0 Å².